The van der Waals surface area contributed by atoms with Crippen LogP contribution in [0, 0.1) is 0 Å². The summed E-state index contributed by atoms with van der Waals surface area (Å²) in [6.07, 6.45) is 0.526. The van der Waals surface area contributed by atoms with Crippen molar-refractivity contribution in [3.63, 3.8) is 0 Å². The van der Waals surface area contributed by atoms with Crippen LogP contribution in [0.2, 0.25) is 5.15 Å². The number of thioether (sulfide) groups is 1. The Morgan fingerprint density at radius 2 is 1.96 bits per heavy atom. The fourth-order valence-corrected chi connectivity index (χ4v) is 3.56. The highest BCUT2D eigenvalue weighted by molar-refractivity contribution is 7.99. The maximum Gasteiger partial charge on any atom is 0.230 e. The molecular weight excluding hydrogens is 388 g/mol. The highest BCUT2D eigenvalue weighted by atomic mass is 35.5. The molecule has 1 aliphatic rings. The van der Waals surface area contributed by atoms with E-state index in [1.54, 1.807) is 6.07 Å². The number of halogens is 1. The van der Waals surface area contributed by atoms with Gasteiger partial charge in [-0.1, -0.05) is 30.3 Å². The van der Waals surface area contributed by atoms with Crippen LogP contribution in [0.5, 0.6) is 0 Å². The predicted octanol–water partition coefficient (Wildman–Crippen LogP) is -0.459. The molecule has 0 aromatic carbocycles. The number of amides is 2. The van der Waals surface area contributed by atoms with Gasteiger partial charge in [-0.2, -0.15) is 0 Å². The van der Waals surface area contributed by atoms with E-state index in [0.717, 1.165) is 12.4 Å². The Morgan fingerprint density at radius 3 is 2.59 bits per heavy atom. The van der Waals surface area contributed by atoms with Gasteiger partial charge in [0.1, 0.15) is 11.0 Å². The van der Waals surface area contributed by atoms with E-state index in [9.17, 15) is 9.59 Å². The molecule has 8 nitrogen and oxygen atoms in total. The highest BCUT2D eigenvalue weighted by Crippen LogP contribution is 2.22. The third-order valence-electron chi connectivity index (χ3n) is 4.20. The number of carbonyl (C=O) groups excluding carboxylic acids is 2. The predicted molar refractivity (Wildman–Crippen MR) is 108 cm³/mol. The standard InChI is InChI=1S/C17H27ClN6O2S/c1-4-16(26)24-9-7-23(8-10-24)14-11-13(18)20-17(21-14)27-12-15(25)19-5-6-22(2)3/h11H,4-10,12H2,1-3H3,(H,19,25)/p+1. The van der Waals surface area contributed by atoms with Crippen molar-refractivity contribution in [1.29, 1.82) is 0 Å². The Bertz CT molecular complexity index is 652. The Morgan fingerprint density at radius 1 is 1.26 bits per heavy atom. The molecule has 0 bridgehead atoms. The number of hydrogen-bond donors (Lipinski definition) is 2. The summed E-state index contributed by atoms with van der Waals surface area (Å²) in [5.41, 5.74) is 0. The summed E-state index contributed by atoms with van der Waals surface area (Å²) >= 11 is 7.42. The van der Waals surface area contributed by atoms with Gasteiger partial charge in [0.05, 0.1) is 32.9 Å². The topological polar surface area (TPSA) is 82.9 Å². The number of quaternary nitrogens is 1. The molecule has 0 radical (unpaired) electrons. The minimum Gasteiger partial charge on any atom is -0.353 e. The van der Waals surface area contributed by atoms with E-state index >= 15 is 0 Å². The van der Waals surface area contributed by atoms with Crippen molar-refractivity contribution in [2.75, 3.05) is 64.0 Å². The number of nitrogens with zero attached hydrogens (tertiary/aromatic N) is 4. The van der Waals surface area contributed by atoms with Crippen molar-refractivity contribution in [3.05, 3.63) is 11.2 Å². The molecule has 0 unspecified atom stereocenters. The van der Waals surface area contributed by atoms with Gasteiger partial charge >= 0.3 is 0 Å². The van der Waals surface area contributed by atoms with Crippen molar-refractivity contribution >= 4 is 41.0 Å². The number of anilines is 1. The van der Waals surface area contributed by atoms with Crippen molar-refractivity contribution in [1.82, 2.24) is 20.2 Å². The molecule has 0 spiro atoms. The van der Waals surface area contributed by atoms with Gasteiger partial charge in [0, 0.05) is 38.7 Å². The first-order chi connectivity index (χ1) is 12.9. The third-order valence-corrected chi connectivity index (χ3v) is 5.24. The van der Waals surface area contributed by atoms with Gasteiger partial charge in [-0.15, -0.1) is 0 Å². The average Bonchev–Trinajstić information content (AvgIpc) is 2.65. The molecule has 2 rings (SSSR count). The van der Waals surface area contributed by atoms with E-state index in [1.807, 2.05) is 25.9 Å². The lowest BCUT2D eigenvalue weighted by Gasteiger charge is -2.35. The van der Waals surface area contributed by atoms with Crippen LogP contribution in [0.25, 0.3) is 0 Å². The summed E-state index contributed by atoms with van der Waals surface area (Å²) in [6, 6.07) is 1.73. The van der Waals surface area contributed by atoms with E-state index in [4.69, 9.17) is 11.6 Å². The number of likely N-dealkylation sites (N-methyl/N-ethyl adjacent to an activating group) is 1. The molecule has 0 atom stereocenters. The van der Waals surface area contributed by atoms with E-state index in [2.05, 4.69) is 20.2 Å². The maximum absolute atomic E-state index is 11.9. The number of carbonyl (C=O) groups is 2. The Balaban J connectivity index is 1.88. The highest BCUT2D eigenvalue weighted by Gasteiger charge is 2.21. The van der Waals surface area contributed by atoms with Crippen LogP contribution in [-0.2, 0) is 9.59 Å². The summed E-state index contributed by atoms with van der Waals surface area (Å²) in [5.74, 6) is 1.12. The van der Waals surface area contributed by atoms with Gasteiger partial charge < -0.3 is 20.0 Å². The largest absolute Gasteiger partial charge is 0.353 e. The van der Waals surface area contributed by atoms with Crippen LogP contribution in [-0.4, -0.2) is 85.8 Å². The van der Waals surface area contributed by atoms with E-state index in [0.29, 0.717) is 49.5 Å². The first-order valence-corrected chi connectivity index (χ1v) is 10.5. The molecule has 1 saturated heterocycles. The summed E-state index contributed by atoms with van der Waals surface area (Å²) in [6.45, 7) is 6.15. The zero-order valence-corrected chi connectivity index (χ0v) is 17.7. The quantitative estimate of drug-likeness (QED) is 0.340. The summed E-state index contributed by atoms with van der Waals surface area (Å²) in [4.78, 5) is 37.7. The van der Waals surface area contributed by atoms with Crippen LogP contribution in [0.3, 0.4) is 0 Å². The summed E-state index contributed by atoms with van der Waals surface area (Å²) in [5, 5.41) is 3.72. The van der Waals surface area contributed by atoms with Crippen molar-refractivity contribution in [2.24, 2.45) is 0 Å². The molecule has 1 fully saturated rings. The van der Waals surface area contributed by atoms with E-state index in [1.165, 1.54) is 16.7 Å². The molecule has 2 N–H and O–H groups in total. The lowest BCUT2D eigenvalue weighted by molar-refractivity contribution is -0.856. The molecule has 27 heavy (non-hydrogen) atoms. The fraction of sp³-hybridized carbons (Fsp3) is 0.647. The minimum atomic E-state index is -0.0435. The second-order valence-corrected chi connectivity index (χ2v) is 7.98. The zero-order valence-electron chi connectivity index (χ0n) is 16.1. The molecule has 1 aliphatic heterocycles. The van der Waals surface area contributed by atoms with E-state index in [-0.39, 0.29) is 17.6 Å². The molecular formula is C17H28ClN6O2S+. The van der Waals surface area contributed by atoms with Crippen LogP contribution < -0.4 is 15.1 Å². The van der Waals surface area contributed by atoms with Gasteiger partial charge in [-0.05, 0) is 0 Å². The number of hydrogen-bond acceptors (Lipinski definition) is 6. The first kappa shape index (κ1) is 21.7. The normalized spacial score (nSPS) is 14.6. The smallest absolute Gasteiger partial charge is 0.230 e. The second-order valence-electron chi connectivity index (χ2n) is 6.65. The van der Waals surface area contributed by atoms with Crippen LogP contribution >= 0.6 is 23.4 Å². The Kier molecular flexibility index (Phi) is 8.59. The molecule has 2 amide bonds. The van der Waals surface area contributed by atoms with Gasteiger partial charge in [-0.25, -0.2) is 9.97 Å². The van der Waals surface area contributed by atoms with Crippen LogP contribution in [0.4, 0.5) is 5.82 Å². The minimum absolute atomic E-state index is 0.0435. The molecule has 1 aromatic heterocycles. The van der Waals surface area contributed by atoms with Gasteiger partial charge in [0.15, 0.2) is 5.16 Å². The van der Waals surface area contributed by atoms with Gasteiger partial charge in [0.25, 0.3) is 0 Å². The first-order valence-electron chi connectivity index (χ1n) is 9.15. The third kappa shape index (κ3) is 7.15. The van der Waals surface area contributed by atoms with Crippen LogP contribution in [0.15, 0.2) is 11.2 Å². The second kappa shape index (κ2) is 10.7. The average molecular weight is 416 g/mol. The van der Waals surface area contributed by atoms with Gasteiger partial charge in [-0.3, -0.25) is 9.59 Å². The Hall–Kier alpha value is -1.58. The maximum atomic E-state index is 11.9. The molecule has 10 heteroatoms. The van der Waals surface area contributed by atoms with Crippen LogP contribution in [0.1, 0.15) is 13.3 Å². The Labute approximate surface area is 169 Å². The number of piperazine rings is 1. The SMILES string of the molecule is CCC(=O)N1CCN(c2cc(Cl)nc(SCC(=O)NCC[NH+](C)C)n2)CC1. The number of rotatable bonds is 8. The molecule has 0 saturated carbocycles. The van der Waals surface area contributed by atoms with Crippen molar-refractivity contribution < 1.29 is 14.5 Å². The molecule has 1 aromatic rings. The summed E-state index contributed by atoms with van der Waals surface area (Å²) in [7, 11) is 4.08. The van der Waals surface area contributed by atoms with Gasteiger partial charge in [0.2, 0.25) is 11.8 Å². The lowest BCUT2D eigenvalue weighted by Crippen LogP contribution is -3.06. The lowest BCUT2D eigenvalue weighted by atomic mass is 10.3. The summed E-state index contributed by atoms with van der Waals surface area (Å²) < 4.78 is 0. The zero-order chi connectivity index (χ0) is 19.8. The van der Waals surface area contributed by atoms with E-state index < -0.39 is 0 Å². The molecule has 150 valence electrons. The van der Waals surface area contributed by atoms with Crippen molar-refractivity contribution in [3.8, 4) is 0 Å². The number of nitrogens with one attached hydrogen (secondary N) is 2. The number of aromatic nitrogens is 2. The monoisotopic (exact) mass is 415 g/mol. The fourth-order valence-electron chi connectivity index (χ4n) is 2.65. The molecule has 0 aliphatic carbocycles. The van der Waals surface area contributed by atoms with Crippen molar-refractivity contribution in [2.45, 2.75) is 18.5 Å². The molecule has 2 heterocycles.